The van der Waals surface area contributed by atoms with Crippen molar-refractivity contribution < 1.29 is 17.9 Å². The predicted molar refractivity (Wildman–Crippen MR) is 81.4 cm³/mol. The first-order chi connectivity index (χ1) is 10.5. The smallest absolute Gasteiger partial charge is 0.412 e. The van der Waals surface area contributed by atoms with Crippen molar-refractivity contribution in [1.82, 2.24) is 0 Å². The summed E-state index contributed by atoms with van der Waals surface area (Å²) < 4.78 is 40.7. The van der Waals surface area contributed by atoms with E-state index in [9.17, 15) is 13.2 Å². The van der Waals surface area contributed by atoms with Crippen molar-refractivity contribution in [3.05, 3.63) is 47.7 Å². The van der Waals surface area contributed by atoms with E-state index in [0.717, 1.165) is 11.5 Å². The van der Waals surface area contributed by atoms with Gasteiger partial charge in [-0.05, 0) is 48.6 Å². The number of benzene rings is 1. The Morgan fingerprint density at radius 2 is 1.73 bits per heavy atom. The number of alkyl halides is 3. The van der Waals surface area contributed by atoms with Gasteiger partial charge < -0.3 is 4.74 Å². The number of hydrogen-bond donors (Lipinski definition) is 0. The molecule has 0 amide bonds. The summed E-state index contributed by atoms with van der Waals surface area (Å²) in [6.07, 6.45) is 2.84. The second kappa shape index (κ2) is 7.70. The van der Waals surface area contributed by atoms with Crippen LogP contribution in [-0.2, 0) is 11.3 Å². The van der Waals surface area contributed by atoms with Gasteiger partial charge in [-0.1, -0.05) is 37.6 Å². The third-order valence-electron chi connectivity index (χ3n) is 4.48. The van der Waals surface area contributed by atoms with Crippen molar-refractivity contribution >= 4 is 0 Å². The third-order valence-corrected chi connectivity index (χ3v) is 4.48. The quantitative estimate of drug-likeness (QED) is 0.609. The highest BCUT2D eigenvalue weighted by molar-refractivity contribution is 5.25. The lowest BCUT2D eigenvalue weighted by atomic mass is 9.78. The molecule has 0 saturated heterocycles. The monoisotopic (exact) mass is 312 g/mol. The first kappa shape index (κ1) is 16.9. The molecule has 4 heteroatoms. The first-order valence-corrected chi connectivity index (χ1v) is 7.93. The van der Waals surface area contributed by atoms with Crippen LogP contribution >= 0.6 is 0 Å². The van der Waals surface area contributed by atoms with Crippen molar-refractivity contribution in [3.8, 4) is 0 Å². The maximum atomic E-state index is 11.9. The van der Waals surface area contributed by atoms with Crippen LogP contribution in [0.25, 0.3) is 0 Å². The van der Waals surface area contributed by atoms with E-state index in [0.29, 0.717) is 12.2 Å². The molecule has 0 bridgehead atoms. The fourth-order valence-corrected chi connectivity index (χ4v) is 3.06. The molecule has 0 unspecified atom stereocenters. The van der Waals surface area contributed by atoms with Gasteiger partial charge in [-0.15, -0.1) is 0 Å². The van der Waals surface area contributed by atoms with E-state index in [-0.39, 0.29) is 12.7 Å². The highest BCUT2D eigenvalue weighted by Gasteiger charge is 2.22. The van der Waals surface area contributed by atoms with Gasteiger partial charge in [0.1, 0.15) is 6.61 Å². The lowest BCUT2D eigenvalue weighted by molar-refractivity contribution is -0.0817. The third kappa shape index (κ3) is 5.39. The van der Waals surface area contributed by atoms with Crippen LogP contribution < -0.4 is 0 Å². The zero-order valence-electron chi connectivity index (χ0n) is 12.9. The molecule has 1 fully saturated rings. The molecule has 1 aliphatic carbocycles. The Bertz CT molecular complexity index is 468. The van der Waals surface area contributed by atoms with Gasteiger partial charge >= 0.3 is 6.18 Å². The Labute approximate surface area is 130 Å². The molecule has 1 saturated carbocycles. The number of ether oxygens (including phenoxy) is 1. The molecule has 122 valence electrons. The van der Waals surface area contributed by atoms with Crippen LogP contribution in [0.3, 0.4) is 0 Å². The summed E-state index contributed by atoms with van der Waals surface area (Å²) in [6.45, 7) is 2.42. The fourth-order valence-electron chi connectivity index (χ4n) is 3.06. The molecule has 0 aliphatic heterocycles. The van der Waals surface area contributed by atoms with Crippen molar-refractivity contribution in [2.24, 2.45) is 5.92 Å². The van der Waals surface area contributed by atoms with E-state index < -0.39 is 6.18 Å². The van der Waals surface area contributed by atoms with E-state index in [1.54, 1.807) is 0 Å². The van der Waals surface area contributed by atoms with Crippen LogP contribution in [0.4, 0.5) is 13.2 Å². The second-order valence-corrected chi connectivity index (χ2v) is 6.02. The Balaban J connectivity index is 1.82. The molecule has 22 heavy (non-hydrogen) atoms. The minimum Gasteiger partial charge on any atom is -0.497 e. The highest BCUT2D eigenvalue weighted by Crippen LogP contribution is 2.36. The Hall–Kier alpha value is -1.45. The number of rotatable bonds is 5. The molecule has 0 N–H and O–H groups in total. The molecule has 1 aromatic carbocycles. The molecule has 0 atom stereocenters. The molecule has 0 heterocycles. The zero-order valence-corrected chi connectivity index (χ0v) is 12.9. The van der Waals surface area contributed by atoms with Gasteiger partial charge in [0.2, 0.25) is 0 Å². The van der Waals surface area contributed by atoms with E-state index in [2.05, 4.69) is 19.1 Å². The summed E-state index contributed by atoms with van der Waals surface area (Å²) in [5.74, 6) is 1.51. The van der Waals surface area contributed by atoms with Crippen LogP contribution in [0.15, 0.2) is 36.6 Å². The predicted octanol–water partition coefficient (Wildman–Crippen LogP) is 5.96. The van der Waals surface area contributed by atoms with E-state index in [1.165, 1.54) is 37.7 Å². The molecule has 1 nitrogen and oxygen atoms in total. The Kier molecular flexibility index (Phi) is 5.92. The lowest BCUT2D eigenvalue weighted by Crippen LogP contribution is -2.12. The van der Waals surface area contributed by atoms with Gasteiger partial charge in [0.05, 0.1) is 12.3 Å². The number of hydrogen-bond acceptors (Lipinski definition) is 1. The Morgan fingerprint density at radius 3 is 2.27 bits per heavy atom. The molecule has 1 aliphatic rings. The van der Waals surface area contributed by atoms with Crippen molar-refractivity contribution in [2.75, 3.05) is 0 Å². The summed E-state index contributed by atoms with van der Waals surface area (Å²) in [5, 5.41) is 0. The SMILES string of the molecule is CCC1CCC(c2ccc(COC=CC(F)(F)F)cc2)CC1. The van der Waals surface area contributed by atoms with Crippen LogP contribution in [0, 0.1) is 5.92 Å². The molecule has 0 aromatic heterocycles. The normalized spacial score (nSPS) is 22.9. The summed E-state index contributed by atoms with van der Waals surface area (Å²) in [6, 6.07) is 8.07. The first-order valence-electron chi connectivity index (χ1n) is 7.93. The largest absolute Gasteiger partial charge is 0.497 e. The van der Waals surface area contributed by atoms with Crippen LogP contribution in [0.1, 0.15) is 56.1 Å². The maximum Gasteiger partial charge on any atom is 0.412 e. The molecular formula is C18H23F3O. The fraction of sp³-hybridized carbons (Fsp3) is 0.556. The summed E-state index contributed by atoms with van der Waals surface area (Å²) >= 11 is 0. The standard InChI is InChI=1S/C18H23F3O/c1-2-14-3-7-16(8-4-14)17-9-5-15(6-10-17)13-22-12-11-18(19,20)21/h5-6,9-12,14,16H,2-4,7-8,13H2,1H3. The topological polar surface area (TPSA) is 9.23 Å². The van der Waals surface area contributed by atoms with Gasteiger partial charge in [0.15, 0.2) is 0 Å². The molecule has 2 rings (SSSR count). The molecular weight excluding hydrogens is 289 g/mol. The second-order valence-electron chi connectivity index (χ2n) is 6.02. The van der Waals surface area contributed by atoms with Crippen LogP contribution in [-0.4, -0.2) is 6.18 Å². The van der Waals surface area contributed by atoms with Gasteiger partial charge in [0.25, 0.3) is 0 Å². The number of allylic oxidation sites excluding steroid dienone is 1. The van der Waals surface area contributed by atoms with E-state index >= 15 is 0 Å². The maximum absolute atomic E-state index is 11.9. The van der Waals surface area contributed by atoms with Gasteiger partial charge in [0, 0.05) is 0 Å². The minimum absolute atomic E-state index is 0.105. The average molecular weight is 312 g/mol. The summed E-state index contributed by atoms with van der Waals surface area (Å²) in [4.78, 5) is 0. The average Bonchev–Trinajstić information content (AvgIpc) is 2.51. The zero-order chi connectivity index (χ0) is 16.0. The van der Waals surface area contributed by atoms with Crippen LogP contribution in [0.2, 0.25) is 0 Å². The highest BCUT2D eigenvalue weighted by atomic mass is 19.4. The lowest BCUT2D eigenvalue weighted by Gasteiger charge is -2.28. The van der Waals surface area contributed by atoms with Crippen LogP contribution in [0.5, 0.6) is 0 Å². The van der Waals surface area contributed by atoms with Crippen molar-refractivity contribution in [3.63, 3.8) is 0 Å². The Morgan fingerprint density at radius 1 is 1.09 bits per heavy atom. The summed E-state index contributed by atoms with van der Waals surface area (Å²) in [7, 11) is 0. The van der Waals surface area contributed by atoms with Gasteiger partial charge in [-0.3, -0.25) is 0 Å². The molecule has 1 aromatic rings. The van der Waals surface area contributed by atoms with Gasteiger partial charge in [-0.25, -0.2) is 0 Å². The van der Waals surface area contributed by atoms with E-state index in [4.69, 9.17) is 4.74 Å². The van der Waals surface area contributed by atoms with Crippen molar-refractivity contribution in [2.45, 2.75) is 57.7 Å². The molecule has 0 spiro atoms. The number of halogens is 3. The summed E-state index contributed by atoms with van der Waals surface area (Å²) in [5.41, 5.74) is 2.22. The van der Waals surface area contributed by atoms with Gasteiger partial charge in [-0.2, -0.15) is 13.2 Å². The molecule has 0 radical (unpaired) electrons. The van der Waals surface area contributed by atoms with Crippen molar-refractivity contribution in [1.29, 1.82) is 0 Å². The minimum atomic E-state index is -4.32. The van der Waals surface area contributed by atoms with E-state index in [1.807, 2.05) is 12.1 Å².